The highest BCUT2D eigenvalue weighted by Crippen LogP contribution is 2.28. The molecule has 0 heterocycles. The number of nitro benzene ring substituents is 1. The Morgan fingerprint density at radius 3 is 2.67 bits per heavy atom. The van der Waals surface area contributed by atoms with Crippen LogP contribution < -0.4 is 5.32 Å². The first kappa shape index (κ1) is 14.8. The number of phenols is 1. The van der Waals surface area contributed by atoms with Crippen molar-refractivity contribution in [3.8, 4) is 5.75 Å². The normalized spacial score (nSPS) is 10.2. The molecule has 6 nitrogen and oxygen atoms in total. The van der Waals surface area contributed by atoms with Gasteiger partial charge in [0.2, 0.25) is 0 Å². The number of hydrogen-bond acceptors (Lipinski definition) is 4. The van der Waals surface area contributed by atoms with Crippen molar-refractivity contribution in [2.45, 2.75) is 6.92 Å². The number of aromatic hydroxyl groups is 1. The third-order valence-corrected chi connectivity index (χ3v) is 3.17. The second-order valence-corrected chi connectivity index (χ2v) is 4.76. The van der Waals surface area contributed by atoms with Gasteiger partial charge in [-0.3, -0.25) is 14.9 Å². The van der Waals surface area contributed by atoms with E-state index in [0.29, 0.717) is 11.3 Å². The SMILES string of the molecule is Cc1cccc(C(=O)Nc2ccc(O)c(Cl)c2)c1[N+](=O)[O-]. The maximum atomic E-state index is 12.2. The van der Waals surface area contributed by atoms with Gasteiger partial charge in [0.15, 0.2) is 0 Å². The molecule has 7 heteroatoms. The first-order valence-electron chi connectivity index (χ1n) is 5.94. The summed E-state index contributed by atoms with van der Waals surface area (Å²) >= 11 is 5.74. The van der Waals surface area contributed by atoms with E-state index in [1.807, 2.05) is 0 Å². The summed E-state index contributed by atoms with van der Waals surface area (Å²) in [5.74, 6) is -0.733. The van der Waals surface area contributed by atoms with Crippen molar-refractivity contribution in [2.24, 2.45) is 0 Å². The molecule has 21 heavy (non-hydrogen) atoms. The average Bonchev–Trinajstić information content (AvgIpc) is 2.42. The van der Waals surface area contributed by atoms with E-state index in [1.165, 1.54) is 24.3 Å². The summed E-state index contributed by atoms with van der Waals surface area (Å²) in [5.41, 5.74) is 0.457. The highest BCUT2D eigenvalue weighted by molar-refractivity contribution is 6.32. The van der Waals surface area contributed by atoms with Crippen molar-refractivity contribution < 1.29 is 14.8 Å². The molecule has 108 valence electrons. The number of anilines is 1. The van der Waals surface area contributed by atoms with Gasteiger partial charge in [0.05, 0.1) is 9.95 Å². The van der Waals surface area contributed by atoms with Crippen LogP contribution in [0.15, 0.2) is 36.4 Å². The molecule has 2 rings (SSSR count). The molecular weight excluding hydrogens is 296 g/mol. The molecule has 1 amide bonds. The predicted octanol–water partition coefficient (Wildman–Crippen LogP) is 3.51. The summed E-state index contributed by atoms with van der Waals surface area (Å²) in [6.45, 7) is 1.56. The van der Waals surface area contributed by atoms with E-state index in [2.05, 4.69) is 5.32 Å². The molecule has 0 aliphatic rings. The summed E-state index contributed by atoms with van der Waals surface area (Å²) in [7, 11) is 0. The summed E-state index contributed by atoms with van der Waals surface area (Å²) < 4.78 is 0. The van der Waals surface area contributed by atoms with Crippen LogP contribution in [0, 0.1) is 17.0 Å². The first-order chi connectivity index (χ1) is 9.90. The molecule has 2 aromatic carbocycles. The molecule has 0 aliphatic carbocycles. The van der Waals surface area contributed by atoms with Gasteiger partial charge in [-0.05, 0) is 31.2 Å². The van der Waals surface area contributed by atoms with Crippen LogP contribution in [0.4, 0.5) is 11.4 Å². The number of phenolic OH excluding ortho intramolecular Hbond substituents is 1. The van der Waals surface area contributed by atoms with Crippen LogP contribution in [-0.4, -0.2) is 15.9 Å². The van der Waals surface area contributed by atoms with E-state index in [-0.39, 0.29) is 22.0 Å². The van der Waals surface area contributed by atoms with Crippen LogP contribution in [0.25, 0.3) is 0 Å². The molecule has 0 atom stereocenters. The zero-order valence-electron chi connectivity index (χ0n) is 11.0. The Kier molecular flexibility index (Phi) is 4.09. The van der Waals surface area contributed by atoms with Crippen LogP contribution in [0.5, 0.6) is 5.75 Å². The van der Waals surface area contributed by atoms with Gasteiger partial charge in [-0.1, -0.05) is 23.7 Å². The van der Waals surface area contributed by atoms with Gasteiger partial charge in [0.1, 0.15) is 11.3 Å². The zero-order valence-corrected chi connectivity index (χ0v) is 11.7. The number of aryl methyl sites for hydroxylation is 1. The lowest BCUT2D eigenvalue weighted by molar-refractivity contribution is -0.385. The minimum atomic E-state index is -0.618. The number of halogens is 1. The summed E-state index contributed by atoms with van der Waals surface area (Å²) in [6.07, 6.45) is 0. The Morgan fingerprint density at radius 2 is 2.05 bits per heavy atom. The number of para-hydroxylation sites is 1. The molecule has 0 saturated heterocycles. The lowest BCUT2D eigenvalue weighted by Crippen LogP contribution is -2.14. The quantitative estimate of drug-likeness (QED) is 0.515. The third kappa shape index (κ3) is 3.11. The molecule has 0 aromatic heterocycles. The van der Waals surface area contributed by atoms with Gasteiger partial charge in [-0.15, -0.1) is 0 Å². The van der Waals surface area contributed by atoms with E-state index >= 15 is 0 Å². The fourth-order valence-corrected chi connectivity index (χ4v) is 2.05. The van der Waals surface area contributed by atoms with Crippen molar-refractivity contribution in [2.75, 3.05) is 5.32 Å². The fraction of sp³-hybridized carbons (Fsp3) is 0.0714. The van der Waals surface area contributed by atoms with Gasteiger partial charge >= 0.3 is 0 Å². The van der Waals surface area contributed by atoms with Crippen molar-refractivity contribution in [3.63, 3.8) is 0 Å². The number of rotatable bonds is 3. The highest BCUT2D eigenvalue weighted by Gasteiger charge is 2.22. The monoisotopic (exact) mass is 306 g/mol. The highest BCUT2D eigenvalue weighted by atomic mass is 35.5. The number of hydrogen-bond donors (Lipinski definition) is 2. The van der Waals surface area contributed by atoms with Crippen molar-refractivity contribution in [3.05, 3.63) is 62.7 Å². The molecule has 2 aromatic rings. The second kappa shape index (κ2) is 5.80. The summed E-state index contributed by atoms with van der Waals surface area (Å²) in [4.78, 5) is 22.6. The number of carbonyl (C=O) groups is 1. The lowest BCUT2D eigenvalue weighted by atomic mass is 10.1. The van der Waals surface area contributed by atoms with Crippen molar-refractivity contribution in [1.82, 2.24) is 0 Å². The smallest absolute Gasteiger partial charge is 0.285 e. The number of benzene rings is 2. The van der Waals surface area contributed by atoms with Gasteiger partial charge in [-0.2, -0.15) is 0 Å². The second-order valence-electron chi connectivity index (χ2n) is 4.35. The number of carbonyl (C=O) groups excluding carboxylic acids is 1. The molecule has 0 radical (unpaired) electrons. The molecule has 2 N–H and O–H groups in total. The average molecular weight is 307 g/mol. The Balaban J connectivity index is 2.35. The van der Waals surface area contributed by atoms with E-state index in [9.17, 15) is 20.0 Å². The van der Waals surface area contributed by atoms with E-state index in [0.717, 1.165) is 0 Å². The van der Waals surface area contributed by atoms with Crippen molar-refractivity contribution >= 4 is 28.9 Å². The van der Waals surface area contributed by atoms with Gasteiger partial charge < -0.3 is 10.4 Å². The molecule has 0 fully saturated rings. The fourth-order valence-electron chi connectivity index (χ4n) is 1.87. The lowest BCUT2D eigenvalue weighted by Gasteiger charge is -2.08. The molecule has 0 aliphatic heterocycles. The van der Waals surface area contributed by atoms with Crippen LogP contribution >= 0.6 is 11.6 Å². The third-order valence-electron chi connectivity index (χ3n) is 2.87. The number of nitro groups is 1. The van der Waals surface area contributed by atoms with Gasteiger partial charge in [0, 0.05) is 11.3 Å². The molecule has 0 unspecified atom stereocenters. The minimum Gasteiger partial charge on any atom is -0.506 e. The molecular formula is C14H11ClN2O4. The maximum Gasteiger partial charge on any atom is 0.285 e. The largest absolute Gasteiger partial charge is 0.506 e. The predicted molar refractivity (Wildman–Crippen MR) is 78.9 cm³/mol. The number of nitrogens with one attached hydrogen (secondary N) is 1. The summed E-state index contributed by atoms with van der Waals surface area (Å²) in [5, 5.41) is 23.0. The van der Waals surface area contributed by atoms with Gasteiger partial charge in [0.25, 0.3) is 11.6 Å². The van der Waals surface area contributed by atoms with Crippen LogP contribution in [0.3, 0.4) is 0 Å². The van der Waals surface area contributed by atoms with E-state index in [1.54, 1.807) is 19.1 Å². The standard InChI is InChI=1S/C14H11ClN2O4/c1-8-3-2-4-10(13(8)17(20)21)14(19)16-9-5-6-12(18)11(15)7-9/h2-7,18H,1H3,(H,16,19). The van der Waals surface area contributed by atoms with Crippen molar-refractivity contribution in [1.29, 1.82) is 0 Å². The van der Waals surface area contributed by atoms with E-state index in [4.69, 9.17) is 11.6 Å². The van der Waals surface area contributed by atoms with Crippen LogP contribution in [0.1, 0.15) is 15.9 Å². The topological polar surface area (TPSA) is 92.5 Å². The van der Waals surface area contributed by atoms with Crippen LogP contribution in [0.2, 0.25) is 5.02 Å². The number of nitrogens with zero attached hydrogens (tertiary/aromatic N) is 1. The molecule has 0 spiro atoms. The summed E-state index contributed by atoms with van der Waals surface area (Å²) in [6, 6.07) is 8.63. The Hall–Kier alpha value is -2.60. The zero-order chi connectivity index (χ0) is 15.6. The Bertz CT molecular complexity index is 731. The number of amides is 1. The minimum absolute atomic E-state index is 0.0378. The maximum absolute atomic E-state index is 12.2. The molecule has 0 bridgehead atoms. The first-order valence-corrected chi connectivity index (χ1v) is 6.32. The Morgan fingerprint density at radius 1 is 1.33 bits per heavy atom. The Labute approximate surface area is 125 Å². The van der Waals surface area contributed by atoms with E-state index < -0.39 is 10.8 Å². The molecule has 0 saturated carbocycles. The van der Waals surface area contributed by atoms with Crippen LogP contribution in [-0.2, 0) is 0 Å². The van der Waals surface area contributed by atoms with Gasteiger partial charge in [-0.25, -0.2) is 0 Å².